The summed E-state index contributed by atoms with van der Waals surface area (Å²) < 4.78 is 30.8. The van der Waals surface area contributed by atoms with Gasteiger partial charge in [0.2, 0.25) is 10.0 Å². The zero-order valence-electron chi connectivity index (χ0n) is 10.8. The van der Waals surface area contributed by atoms with Crippen molar-refractivity contribution >= 4 is 10.0 Å². The Bertz CT molecular complexity index is 302. The predicted octanol–water partition coefficient (Wildman–Crippen LogP) is 0.427. The summed E-state index contributed by atoms with van der Waals surface area (Å²) in [6.45, 7) is 4.43. The fourth-order valence-corrected chi connectivity index (χ4v) is 3.37. The molecule has 0 aromatic carbocycles. The molecule has 102 valence electrons. The second kappa shape index (κ2) is 7.31. The standard InChI is InChI=1S/C11H24N2O3S/c1-3-6-12-7-10-17(14,15)13(8-9-16-2)11-4-5-11/h11-12H,3-10H2,1-2H3. The van der Waals surface area contributed by atoms with Crippen molar-refractivity contribution in [3.8, 4) is 0 Å². The predicted molar refractivity (Wildman–Crippen MR) is 68.6 cm³/mol. The summed E-state index contributed by atoms with van der Waals surface area (Å²) in [5, 5.41) is 3.12. The normalized spacial score (nSPS) is 16.6. The monoisotopic (exact) mass is 264 g/mol. The SMILES string of the molecule is CCCNCCS(=O)(=O)N(CCOC)C1CC1. The fourth-order valence-electron chi connectivity index (χ4n) is 1.71. The van der Waals surface area contributed by atoms with Crippen LogP contribution in [0.5, 0.6) is 0 Å². The highest BCUT2D eigenvalue weighted by atomic mass is 32.2. The minimum atomic E-state index is -3.12. The van der Waals surface area contributed by atoms with E-state index >= 15 is 0 Å². The average Bonchev–Trinajstić information content (AvgIpc) is 3.09. The Kier molecular flexibility index (Phi) is 6.40. The number of nitrogens with zero attached hydrogens (tertiary/aromatic N) is 1. The molecule has 1 rings (SSSR count). The Hall–Kier alpha value is -0.170. The van der Waals surface area contributed by atoms with Gasteiger partial charge in [0.15, 0.2) is 0 Å². The first-order valence-electron chi connectivity index (χ1n) is 6.31. The van der Waals surface area contributed by atoms with Crippen LogP contribution in [0.2, 0.25) is 0 Å². The summed E-state index contributed by atoms with van der Waals surface area (Å²) in [6, 6.07) is 0.223. The molecule has 17 heavy (non-hydrogen) atoms. The van der Waals surface area contributed by atoms with Gasteiger partial charge in [-0.25, -0.2) is 8.42 Å². The number of hydrogen-bond donors (Lipinski definition) is 1. The van der Waals surface area contributed by atoms with Crippen molar-refractivity contribution in [3.05, 3.63) is 0 Å². The number of methoxy groups -OCH3 is 1. The molecular weight excluding hydrogens is 240 g/mol. The van der Waals surface area contributed by atoms with E-state index < -0.39 is 10.0 Å². The van der Waals surface area contributed by atoms with Gasteiger partial charge in [0.25, 0.3) is 0 Å². The summed E-state index contributed by atoms with van der Waals surface area (Å²) in [6.07, 6.45) is 3.01. The molecule has 0 atom stereocenters. The van der Waals surface area contributed by atoms with E-state index in [4.69, 9.17) is 4.74 Å². The van der Waals surface area contributed by atoms with Crippen LogP contribution in [0.3, 0.4) is 0 Å². The molecule has 5 nitrogen and oxygen atoms in total. The number of nitrogens with one attached hydrogen (secondary N) is 1. The number of sulfonamides is 1. The van der Waals surface area contributed by atoms with Gasteiger partial charge in [-0.3, -0.25) is 0 Å². The molecular formula is C11H24N2O3S. The third-order valence-corrected chi connectivity index (χ3v) is 4.71. The highest BCUT2D eigenvalue weighted by Crippen LogP contribution is 2.29. The van der Waals surface area contributed by atoms with Crippen molar-refractivity contribution in [2.24, 2.45) is 0 Å². The zero-order chi connectivity index (χ0) is 12.7. The zero-order valence-corrected chi connectivity index (χ0v) is 11.6. The molecule has 0 saturated heterocycles. The number of ether oxygens (including phenoxy) is 1. The summed E-state index contributed by atoms with van der Waals surface area (Å²) in [4.78, 5) is 0. The highest BCUT2D eigenvalue weighted by Gasteiger charge is 2.36. The van der Waals surface area contributed by atoms with Crippen molar-refractivity contribution in [2.75, 3.05) is 39.1 Å². The molecule has 0 unspecified atom stereocenters. The van der Waals surface area contributed by atoms with Gasteiger partial charge < -0.3 is 10.1 Å². The van der Waals surface area contributed by atoms with Gasteiger partial charge in [-0.2, -0.15) is 4.31 Å². The molecule has 0 bridgehead atoms. The Balaban J connectivity index is 2.40. The Morgan fingerprint density at radius 1 is 1.35 bits per heavy atom. The lowest BCUT2D eigenvalue weighted by Crippen LogP contribution is -2.39. The van der Waals surface area contributed by atoms with Crippen molar-refractivity contribution in [1.29, 1.82) is 0 Å². The van der Waals surface area contributed by atoms with Gasteiger partial charge in [0.1, 0.15) is 0 Å². The maximum atomic E-state index is 12.1. The second-order valence-electron chi connectivity index (χ2n) is 4.40. The van der Waals surface area contributed by atoms with Crippen molar-refractivity contribution < 1.29 is 13.2 Å². The third-order valence-electron chi connectivity index (χ3n) is 2.79. The third kappa shape index (κ3) is 5.33. The van der Waals surface area contributed by atoms with Gasteiger partial charge in [0, 0.05) is 26.2 Å². The first-order chi connectivity index (χ1) is 8.11. The lowest BCUT2D eigenvalue weighted by Gasteiger charge is -2.21. The van der Waals surface area contributed by atoms with E-state index in [1.165, 1.54) is 0 Å². The van der Waals surface area contributed by atoms with Crippen LogP contribution in [0.1, 0.15) is 26.2 Å². The topological polar surface area (TPSA) is 58.6 Å². The number of rotatable bonds is 10. The fraction of sp³-hybridized carbons (Fsp3) is 1.00. The van der Waals surface area contributed by atoms with E-state index in [2.05, 4.69) is 12.2 Å². The summed E-state index contributed by atoms with van der Waals surface area (Å²) in [5.74, 6) is 0.188. The molecule has 0 aromatic heterocycles. The summed E-state index contributed by atoms with van der Waals surface area (Å²) in [5.41, 5.74) is 0. The van der Waals surface area contributed by atoms with E-state index in [0.29, 0.717) is 19.7 Å². The van der Waals surface area contributed by atoms with E-state index in [1.54, 1.807) is 11.4 Å². The molecule has 0 radical (unpaired) electrons. The van der Waals surface area contributed by atoms with Crippen LogP contribution in [-0.4, -0.2) is 57.9 Å². The van der Waals surface area contributed by atoms with Crippen LogP contribution in [0.25, 0.3) is 0 Å². The van der Waals surface area contributed by atoms with Crippen molar-refractivity contribution in [1.82, 2.24) is 9.62 Å². The van der Waals surface area contributed by atoms with E-state index in [1.807, 2.05) is 0 Å². The van der Waals surface area contributed by atoms with Crippen molar-refractivity contribution in [2.45, 2.75) is 32.2 Å². The smallest absolute Gasteiger partial charge is 0.215 e. The summed E-state index contributed by atoms with van der Waals surface area (Å²) >= 11 is 0. The van der Waals surface area contributed by atoms with Gasteiger partial charge in [-0.15, -0.1) is 0 Å². The largest absolute Gasteiger partial charge is 0.383 e. The molecule has 1 fully saturated rings. The van der Waals surface area contributed by atoms with Gasteiger partial charge in [-0.05, 0) is 25.8 Å². The first kappa shape index (κ1) is 14.9. The maximum absolute atomic E-state index is 12.1. The van der Waals surface area contributed by atoms with Crippen LogP contribution < -0.4 is 5.32 Å². The van der Waals surface area contributed by atoms with Crippen LogP contribution in [-0.2, 0) is 14.8 Å². The van der Waals surface area contributed by atoms with Crippen LogP contribution in [0, 0.1) is 0 Å². The average molecular weight is 264 g/mol. The molecule has 0 spiro atoms. The van der Waals surface area contributed by atoms with Crippen LogP contribution >= 0.6 is 0 Å². The summed E-state index contributed by atoms with van der Waals surface area (Å²) in [7, 11) is -1.52. The van der Waals surface area contributed by atoms with Gasteiger partial charge in [-0.1, -0.05) is 6.92 Å². The van der Waals surface area contributed by atoms with Gasteiger partial charge >= 0.3 is 0 Å². The Morgan fingerprint density at radius 2 is 2.06 bits per heavy atom. The number of hydrogen-bond acceptors (Lipinski definition) is 4. The van der Waals surface area contributed by atoms with Crippen LogP contribution in [0.4, 0.5) is 0 Å². The molecule has 1 aliphatic carbocycles. The molecule has 1 N–H and O–H groups in total. The molecule has 0 aliphatic heterocycles. The molecule has 1 aliphatic rings. The lowest BCUT2D eigenvalue weighted by molar-refractivity contribution is 0.177. The molecule has 0 heterocycles. The van der Waals surface area contributed by atoms with E-state index in [-0.39, 0.29) is 11.8 Å². The first-order valence-corrected chi connectivity index (χ1v) is 7.92. The van der Waals surface area contributed by atoms with Crippen LogP contribution in [0.15, 0.2) is 0 Å². The second-order valence-corrected chi connectivity index (χ2v) is 6.44. The molecule has 0 amide bonds. The maximum Gasteiger partial charge on any atom is 0.215 e. The van der Waals surface area contributed by atoms with Crippen molar-refractivity contribution in [3.63, 3.8) is 0 Å². The highest BCUT2D eigenvalue weighted by molar-refractivity contribution is 7.89. The van der Waals surface area contributed by atoms with Gasteiger partial charge in [0.05, 0.1) is 12.4 Å². The molecule has 1 saturated carbocycles. The quantitative estimate of drug-likeness (QED) is 0.581. The minimum Gasteiger partial charge on any atom is -0.383 e. The molecule has 6 heteroatoms. The van der Waals surface area contributed by atoms with E-state index in [9.17, 15) is 8.42 Å². The lowest BCUT2D eigenvalue weighted by atomic mass is 10.5. The molecule has 0 aromatic rings. The minimum absolute atomic E-state index is 0.188. The Morgan fingerprint density at radius 3 is 2.59 bits per heavy atom. The van der Waals surface area contributed by atoms with E-state index in [0.717, 1.165) is 25.8 Å². The Labute approximate surface area is 105 Å².